The minimum atomic E-state index is -0.814. The number of hydrogen-bond donors (Lipinski definition) is 1. The molecule has 1 fully saturated rings. The van der Waals surface area contributed by atoms with Crippen molar-refractivity contribution >= 4 is 40.6 Å². The van der Waals surface area contributed by atoms with Crippen molar-refractivity contribution in [1.29, 1.82) is 0 Å². The first-order valence-corrected chi connectivity index (χ1v) is 9.90. The Morgan fingerprint density at radius 2 is 1.97 bits per heavy atom. The molecule has 3 rings (SSSR count). The lowest BCUT2D eigenvalue weighted by Crippen LogP contribution is -2.28. The molecule has 0 bridgehead atoms. The Morgan fingerprint density at radius 1 is 1.21 bits per heavy atom. The van der Waals surface area contributed by atoms with Crippen LogP contribution in [0.25, 0.3) is 0 Å². The van der Waals surface area contributed by atoms with Gasteiger partial charge in [-0.1, -0.05) is 12.1 Å². The second-order valence-electron chi connectivity index (χ2n) is 7.31. The van der Waals surface area contributed by atoms with Crippen LogP contribution in [0.5, 0.6) is 5.75 Å². The number of nitrogens with zero attached hydrogens (tertiary/aromatic N) is 2. The molecule has 0 radical (unpaired) electrons. The maximum Gasteiger partial charge on any atom is 0.311 e. The molecule has 1 heterocycles. The van der Waals surface area contributed by atoms with E-state index in [4.69, 9.17) is 9.47 Å². The minimum Gasteiger partial charge on any atom is -0.494 e. The lowest BCUT2D eigenvalue weighted by Gasteiger charge is -2.19. The van der Waals surface area contributed by atoms with Crippen LogP contribution < -0.4 is 15.0 Å². The molecule has 0 spiro atoms. The SMILES string of the molecule is COc1cc([N+](=O)[O-])ccc1N1C[C@H](C(=O)OCC(=O)Nc2cccc(C(C)=O)c2)CC1=O. The summed E-state index contributed by atoms with van der Waals surface area (Å²) >= 11 is 0. The van der Waals surface area contributed by atoms with Gasteiger partial charge in [0.05, 0.1) is 29.7 Å². The summed E-state index contributed by atoms with van der Waals surface area (Å²) in [6.45, 7) is 0.823. The largest absolute Gasteiger partial charge is 0.494 e. The van der Waals surface area contributed by atoms with Gasteiger partial charge in [-0.25, -0.2) is 0 Å². The highest BCUT2D eigenvalue weighted by Gasteiger charge is 2.37. The van der Waals surface area contributed by atoms with Crippen molar-refractivity contribution in [3.63, 3.8) is 0 Å². The number of carbonyl (C=O) groups is 4. The molecule has 1 saturated heterocycles. The van der Waals surface area contributed by atoms with E-state index in [0.717, 1.165) is 0 Å². The Hall–Kier alpha value is -4.28. The summed E-state index contributed by atoms with van der Waals surface area (Å²) < 4.78 is 10.2. The first-order chi connectivity index (χ1) is 15.7. The highest BCUT2D eigenvalue weighted by molar-refractivity contribution is 6.01. The van der Waals surface area contributed by atoms with Crippen LogP contribution >= 0.6 is 0 Å². The number of ketones is 1. The molecule has 11 nitrogen and oxygen atoms in total. The average molecular weight is 455 g/mol. The molecule has 172 valence electrons. The van der Waals surface area contributed by atoms with Crippen LogP contribution in [0, 0.1) is 16.0 Å². The number of nitrogens with one attached hydrogen (secondary N) is 1. The van der Waals surface area contributed by atoms with Crippen LogP contribution in [0.4, 0.5) is 17.1 Å². The summed E-state index contributed by atoms with van der Waals surface area (Å²) in [5, 5.41) is 13.5. The number of ether oxygens (including phenoxy) is 2. The van der Waals surface area contributed by atoms with E-state index >= 15 is 0 Å². The summed E-state index contributed by atoms with van der Waals surface area (Å²) in [6, 6.07) is 10.1. The van der Waals surface area contributed by atoms with Crippen LogP contribution in [0.1, 0.15) is 23.7 Å². The lowest BCUT2D eigenvalue weighted by atomic mass is 10.1. The van der Waals surface area contributed by atoms with Gasteiger partial charge in [-0.2, -0.15) is 0 Å². The number of Topliss-reactive ketones (excluding diaryl/α,β-unsaturated/α-hetero) is 1. The zero-order chi connectivity index (χ0) is 24.1. The smallest absolute Gasteiger partial charge is 0.311 e. The predicted molar refractivity (Wildman–Crippen MR) is 116 cm³/mol. The lowest BCUT2D eigenvalue weighted by molar-refractivity contribution is -0.384. The van der Waals surface area contributed by atoms with Crippen molar-refractivity contribution in [1.82, 2.24) is 0 Å². The van der Waals surface area contributed by atoms with Crippen LogP contribution in [0.15, 0.2) is 42.5 Å². The first kappa shape index (κ1) is 23.4. The third kappa shape index (κ3) is 5.50. The molecular weight excluding hydrogens is 434 g/mol. The highest BCUT2D eigenvalue weighted by atomic mass is 16.6. The van der Waals surface area contributed by atoms with Gasteiger partial charge in [0.1, 0.15) is 5.75 Å². The maximum atomic E-state index is 12.5. The van der Waals surface area contributed by atoms with Gasteiger partial charge in [-0.3, -0.25) is 29.3 Å². The van der Waals surface area contributed by atoms with Crippen LogP contribution in [0.2, 0.25) is 0 Å². The highest BCUT2D eigenvalue weighted by Crippen LogP contribution is 2.36. The van der Waals surface area contributed by atoms with Gasteiger partial charge in [-0.05, 0) is 25.1 Å². The molecule has 2 aromatic carbocycles. The van der Waals surface area contributed by atoms with Crippen molar-refractivity contribution < 1.29 is 33.6 Å². The van der Waals surface area contributed by atoms with Gasteiger partial charge in [0.25, 0.3) is 11.6 Å². The molecule has 0 aliphatic carbocycles. The number of benzene rings is 2. The standard InChI is InChI=1S/C22H21N3O8/c1-13(26)14-4-3-5-16(8-14)23-20(27)12-33-22(29)15-9-21(28)24(11-15)18-7-6-17(25(30)31)10-19(18)32-2/h3-8,10,15H,9,11-12H2,1-2H3,(H,23,27)/t15-/m1/s1. The fourth-order valence-corrected chi connectivity index (χ4v) is 3.37. The monoisotopic (exact) mass is 455 g/mol. The third-order valence-electron chi connectivity index (χ3n) is 5.02. The summed E-state index contributed by atoms with van der Waals surface area (Å²) in [5.41, 5.74) is 0.914. The fourth-order valence-electron chi connectivity index (χ4n) is 3.37. The van der Waals surface area contributed by atoms with E-state index in [-0.39, 0.29) is 36.1 Å². The van der Waals surface area contributed by atoms with Gasteiger partial charge < -0.3 is 19.7 Å². The normalized spacial score (nSPS) is 15.2. The molecule has 11 heteroatoms. The molecule has 2 amide bonds. The molecule has 2 aromatic rings. The van der Waals surface area contributed by atoms with Gasteiger partial charge in [0.15, 0.2) is 12.4 Å². The summed E-state index contributed by atoms with van der Waals surface area (Å²) in [7, 11) is 1.32. The van der Waals surface area contributed by atoms with Crippen LogP contribution in [-0.2, 0) is 19.1 Å². The topological polar surface area (TPSA) is 145 Å². The van der Waals surface area contributed by atoms with Crippen molar-refractivity contribution in [3.05, 3.63) is 58.1 Å². The third-order valence-corrected chi connectivity index (χ3v) is 5.02. The number of non-ortho nitro benzene ring substituents is 1. The van der Waals surface area contributed by atoms with Gasteiger partial charge in [0, 0.05) is 30.3 Å². The Morgan fingerprint density at radius 3 is 2.64 bits per heavy atom. The molecule has 33 heavy (non-hydrogen) atoms. The van der Waals surface area contributed by atoms with E-state index in [1.54, 1.807) is 18.2 Å². The molecule has 0 aromatic heterocycles. The summed E-state index contributed by atoms with van der Waals surface area (Å²) in [5.74, 6) is -2.54. The maximum absolute atomic E-state index is 12.5. The quantitative estimate of drug-likeness (QED) is 0.276. The molecular formula is C22H21N3O8. The van der Waals surface area contributed by atoms with Crippen molar-refractivity contribution in [2.75, 3.05) is 30.5 Å². The van der Waals surface area contributed by atoms with E-state index in [2.05, 4.69) is 5.32 Å². The van der Waals surface area contributed by atoms with Crippen molar-refractivity contribution in [3.8, 4) is 5.75 Å². The van der Waals surface area contributed by atoms with Gasteiger partial charge in [-0.15, -0.1) is 0 Å². The van der Waals surface area contributed by atoms with E-state index in [0.29, 0.717) is 16.9 Å². The number of rotatable bonds is 8. The van der Waals surface area contributed by atoms with Crippen molar-refractivity contribution in [2.45, 2.75) is 13.3 Å². The Balaban J connectivity index is 1.59. The number of anilines is 2. The summed E-state index contributed by atoms with van der Waals surface area (Å²) in [6.07, 6.45) is -0.138. The number of nitro benzene ring substituents is 1. The van der Waals surface area contributed by atoms with Gasteiger partial charge in [0.2, 0.25) is 5.91 Å². The average Bonchev–Trinajstić information content (AvgIpc) is 3.18. The zero-order valence-corrected chi connectivity index (χ0v) is 17.9. The number of methoxy groups -OCH3 is 1. The van der Waals surface area contributed by atoms with E-state index in [1.807, 2.05) is 0 Å². The van der Waals surface area contributed by atoms with E-state index in [1.165, 1.54) is 43.2 Å². The van der Waals surface area contributed by atoms with Gasteiger partial charge >= 0.3 is 5.97 Å². The Bertz CT molecular complexity index is 1130. The van der Waals surface area contributed by atoms with Crippen LogP contribution in [0.3, 0.4) is 0 Å². The molecule has 1 atom stereocenters. The molecule has 1 aliphatic heterocycles. The molecule has 0 unspecified atom stereocenters. The number of amides is 2. The fraction of sp³-hybridized carbons (Fsp3) is 0.273. The number of carbonyl (C=O) groups excluding carboxylic acids is 4. The zero-order valence-electron chi connectivity index (χ0n) is 17.9. The minimum absolute atomic E-state index is 0.0197. The summed E-state index contributed by atoms with van der Waals surface area (Å²) in [4.78, 5) is 60.1. The first-order valence-electron chi connectivity index (χ1n) is 9.90. The Kier molecular flexibility index (Phi) is 7.01. The number of hydrogen-bond acceptors (Lipinski definition) is 8. The van der Waals surface area contributed by atoms with Crippen LogP contribution in [-0.4, -0.2) is 48.8 Å². The molecule has 0 saturated carbocycles. The predicted octanol–water partition coefficient (Wildman–Crippen LogP) is 2.34. The second kappa shape index (κ2) is 9.90. The van der Waals surface area contributed by atoms with Crippen molar-refractivity contribution in [2.24, 2.45) is 5.92 Å². The molecule has 1 N–H and O–H groups in total. The number of esters is 1. The molecule has 1 aliphatic rings. The number of nitro groups is 1. The second-order valence-corrected chi connectivity index (χ2v) is 7.31. The van der Waals surface area contributed by atoms with E-state index < -0.39 is 29.3 Å². The Labute approximate surface area is 188 Å². The van der Waals surface area contributed by atoms with E-state index in [9.17, 15) is 29.3 Å².